The number of benzene rings is 1. The SMILES string of the molecule is CC(C)n1ccc(CC(=O)C(C)(N)c2ccccc2)n1. The van der Waals surface area contributed by atoms with E-state index >= 15 is 0 Å². The lowest BCUT2D eigenvalue weighted by Gasteiger charge is -2.23. The third kappa shape index (κ3) is 2.96. The van der Waals surface area contributed by atoms with E-state index in [4.69, 9.17) is 5.73 Å². The first kappa shape index (κ1) is 14.5. The molecule has 2 N–H and O–H groups in total. The minimum absolute atomic E-state index is 0.0299. The minimum Gasteiger partial charge on any atom is -0.315 e. The second kappa shape index (κ2) is 5.59. The first-order valence-corrected chi connectivity index (χ1v) is 6.83. The van der Waals surface area contributed by atoms with E-state index in [0.717, 1.165) is 11.3 Å². The van der Waals surface area contributed by atoms with Gasteiger partial charge in [0, 0.05) is 12.2 Å². The highest BCUT2D eigenvalue weighted by Crippen LogP contribution is 2.20. The molecule has 0 radical (unpaired) electrons. The van der Waals surface area contributed by atoms with E-state index in [-0.39, 0.29) is 18.2 Å². The fraction of sp³-hybridized carbons (Fsp3) is 0.375. The summed E-state index contributed by atoms with van der Waals surface area (Å²) in [7, 11) is 0. The number of nitrogens with zero attached hydrogens (tertiary/aromatic N) is 2. The van der Waals surface area contributed by atoms with Crippen molar-refractivity contribution >= 4 is 5.78 Å². The Hall–Kier alpha value is -1.94. The summed E-state index contributed by atoms with van der Waals surface area (Å²) >= 11 is 0. The van der Waals surface area contributed by atoms with Crippen LogP contribution in [0.4, 0.5) is 0 Å². The summed E-state index contributed by atoms with van der Waals surface area (Å²) in [6, 6.07) is 11.6. The second-order valence-corrected chi connectivity index (χ2v) is 5.55. The molecule has 0 amide bonds. The molecule has 1 atom stereocenters. The quantitative estimate of drug-likeness (QED) is 0.908. The van der Waals surface area contributed by atoms with Gasteiger partial charge in [0.15, 0.2) is 5.78 Å². The molecule has 0 aliphatic rings. The normalized spacial score (nSPS) is 14.2. The van der Waals surface area contributed by atoms with Gasteiger partial charge in [-0.25, -0.2) is 0 Å². The van der Waals surface area contributed by atoms with Crippen molar-refractivity contribution in [2.75, 3.05) is 0 Å². The van der Waals surface area contributed by atoms with Crippen molar-refractivity contribution in [2.24, 2.45) is 5.73 Å². The van der Waals surface area contributed by atoms with Crippen molar-refractivity contribution < 1.29 is 4.79 Å². The van der Waals surface area contributed by atoms with E-state index in [1.165, 1.54) is 0 Å². The number of Topliss-reactive ketones (excluding diaryl/α,β-unsaturated/α-hetero) is 1. The van der Waals surface area contributed by atoms with Gasteiger partial charge >= 0.3 is 0 Å². The van der Waals surface area contributed by atoms with E-state index in [1.54, 1.807) is 6.92 Å². The number of rotatable bonds is 5. The standard InChI is InChI=1S/C16H21N3O/c1-12(2)19-10-9-14(18-19)11-15(20)16(3,17)13-7-5-4-6-8-13/h4-10,12H,11,17H2,1-3H3. The molecule has 0 fully saturated rings. The number of ketones is 1. The topological polar surface area (TPSA) is 60.9 Å². The molecule has 0 spiro atoms. The molecule has 0 bridgehead atoms. The van der Waals surface area contributed by atoms with Gasteiger partial charge in [0.25, 0.3) is 0 Å². The predicted molar refractivity (Wildman–Crippen MR) is 79.3 cm³/mol. The molecule has 0 saturated heterocycles. The third-order valence-electron chi connectivity index (χ3n) is 3.49. The zero-order valence-corrected chi connectivity index (χ0v) is 12.2. The molecule has 106 valence electrons. The van der Waals surface area contributed by atoms with Crippen molar-refractivity contribution in [1.82, 2.24) is 9.78 Å². The van der Waals surface area contributed by atoms with Gasteiger partial charge in [-0.1, -0.05) is 30.3 Å². The van der Waals surface area contributed by atoms with Crippen LogP contribution in [0.3, 0.4) is 0 Å². The summed E-state index contributed by atoms with van der Waals surface area (Å²) in [6.45, 7) is 5.86. The van der Waals surface area contributed by atoms with Crippen LogP contribution in [0, 0.1) is 0 Å². The maximum Gasteiger partial charge on any atom is 0.162 e. The smallest absolute Gasteiger partial charge is 0.162 e. The number of nitrogens with two attached hydrogens (primary N) is 1. The molecule has 0 saturated carbocycles. The molecule has 0 aliphatic carbocycles. The zero-order valence-electron chi connectivity index (χ0n) is 12.2. The molecular weight excluding hydrogens is 250 g/mol. The Kier molecular flexibility index (Phi) is 4.04. The first-order valence-electron chi connectivity index (χ1n) is 6.83. The zero-order chi connectivity index (χ0) is 14.8. The fourth-order valence-electron chi connectivity index (χ4n) is 2.05. The summed E-state index contributed by atoms with van der Waals surface area (Å²) in [5.41, 5.74) is 6.82. The van der Waals surface area contributed by atoms with Crippen LogP contribution in [0.1, 0.15) is 38.1 Å². The highest BCUT2D eigenvalue weighted by molar-refractivity contribution is 5.90. The van der Waals surface area contributed by atoms with E-state index in [9.17, 15) is 4.79 Å². The molecule has 2 aromatic rings. The summed E-state index contributed by atoms with van der Waals surface area (Å²) < 4.78 is 1.85. The largest absolute Gasteiger partial charge is 0.315 e. The Morgan fingerprint density at radius 1 is 1.30 bits per heavy atom. The van der Waals surface area contributed by atoms with Crippen LogP contribution >= 0.6 is 0 Å². The predicted octanol–water partition coefficient (Wildman–Crippen LogP) is 2.45. The molecule has 1 unspecified atom stereocenters. The summed E-state index contributed by atoms with van der Waals surface area (Å²) in [6.07, 6.45) is 2.14. The highest BCUT2D eigenvalue weighted by atomic mass is 16.1. The molecule has 4 heteroatoms. The third-order valence-corrected chi connectivity index (χ3v) is 3.49. The lowest BCUT2D eigenvalue weighted by atomic mass is 9.87. The van der Waals surface area contributed by atoms with Crippen molar-refractivity contribution in [3.05, 3.63) is 53.9 Å². The Morgan fingerprint density at radius 3 is 2.50 bits per heavy atom. The van der Waals surface area contributed by atoms with Crippen LogP contribution in [0.15, 0.2) is 42.6 Å². The average Bonchev–Trinajstić information content (AvgIpc) is 2.88. The van der Waals surface area contributed by atoms with Crippen LogP contribution < -0.4 is 5.73 Å². The molecule has 1 aromatic carbocycles. The van der Waals surface area contributed by atoms with Crippen LogP contribution in [0.2, 0.25) is 0 Å². The van der Waals surface area contributed by atoms with E-state index in [0.29, 0.717) is 0 Å². The molecule has 4 nitrogen and oxygen atoms in total. The van der Waals surface area contributed by atoms with Gasteiger partial charge in [0.1, 0.15) is 0 Å². The molecule has 20 heavy (non-hydrogen) atoms. The van der Waals surface area contributed by atoms with Crippen molar-refractivity contribution in [2.45, 2.75) is 38.8 Å². The highest BCUT2D eigenvalue weighted by Gasteiger charge is 2.30. The van der Waals surface area contributed by atoms with Crippen molar-refractivity contribution in [3.63, 3.8) is 0 Å². The van der Waals surface area contributed by atoms with Crippen LogP contribution in [-0.2, 0) is 16.8 Å². The van der Waals surface area contributed by atoms with Gasteiger partial charge in [-0.3, -0.25) is 9.48 Å². The Balaban J connectivity index is 2.14. The first-order chi connectivity index (χ1) is 9.41. The van der Waals surface area contributed by atoms with E-state index in [1.807, 2.05) is 47.3 Å². The number of hydrogen-bond acceptors (Lipinski definition) is 3. The lowest BCUT2D eigenvalue weighted by molar-refractivity contribution is -0.123. The number of hydrogen-bond donors (Lipinski definition) is 1. The number of aromatic nitrogens is 2. The summed E-state index contributed by atoms with van der Waals surface area (Å²) in [4.78, 5) is 12.4. The Bertz CT molecular complexity index is 585. The minimum atomic E-state index is -0.983. The molecular formula is C16H21N3O. The molecule has 1 aromatic heterocycles. The number of carbonyl (C=O) groups excluding carboxylic acids is 1. The van der Waals surface area contributed by atoms with Gasteiger partial charge in [-0.2, -0.15) is 5.10 Å². The van der Waals surface area contributed by atoms with Crippen LogP contribution in [0.5, 0.6) is 0 Å². The Labute approximate surface area is 119 Å². The maximum absolute atomic E-state index is 12.4. The van der Waals surface area contributed by atoms with Gasteiger partial charge in [0.2, 0.25) is 0 Å². The Morgan fingerprint density at radius 2 is 1.95 bits per heavy atom. The molecule has 1 heterocycles. The van der Waals surface area contributed by atoms with Crippen molar-refractivity contribution in [3.8, 4) is 0 Å². The fourth-order valence-corrected chi connectivity index (χ4v) is 2.05. The van der Waals surface area contributed by atoms with Gasteiger partial charge in [0.05, 0.1) is 17.7 Å². The monoisotopic (exact) mass is 271 g/mol. The summed E-state index contributed by atoms with van der Waals surface area (Å²) in [5, 5.41) is 4.40. The van der Waals surface area contributed by atoms with E-state index < -0.39 is 5.54 Å². The summed E-state index contributed by atoms with van der Waals surface area (Å²) in [5.74, 6) is -0.0299. The maximum atomic E-state index is 12.4. The molecule has 2 rings (SSSR count). The second-order valence-electron chi connectivity index (χ2n) is 5.55. The van der Waals surface area contributed by atoms with Crippen LogP contribution in [-0.4, -0.2) is 15.6 Å². The van der Waals surface area contributed by atoms with Gasteiger partial charge < -0.3 is 5.73 Å². The average molecular weight is 271 g/mol. The van der Waals surface area contributed by atoms with Crippen molar-refractivity contribution in [1.29, 1.82) is 0 Å². The number of carbonyl (C=O) groups is 1. The van der Waals surface area contributed by atoms with Gasteiger partial charge in [-0.15, -0.1) is 0 Å². The van der Waals surface area contributed by atoms with E-state index in [2.05, 4.69) is 18.9 Å². The van der Waals surface area contributed by atoms with Gasteiger partial charge in [-0.05, 0) is 32.4 Å². The van der Waals surface area contributed by atoms with Crippen LogP contribution in [0.25, 0.3) is 0 Å². The molecule has 0 aliphatic heterocycles. The lowest BCUT2D eigenvalue weighted by Crippen LogP contribution is -2.42.